The number of rotatable bonds is 4. The van der Waals surface area contributed by atoms with Crippen LogP contribution in [0.4, 0.5) is 15.8 Å². The van der Waals surface area contributed by atoms with Gasteiger partial charge in [-0.2, -0.15) is 0 Å². The van der Waals surface area contributed by atoms with Crippen molar-refractivity contribution in [3.63, 3.8) is 0 Å². The van der Waals surface area contributed by atoms with Crippen LogP contribution >= 0.6 is 0 Å². The summed E-state index contributed by atoms with van der Waals surface area (Å²) < 4.78 is 31.0. The molecule has 2 aromatic carbocycles. The number of aryl methyl sites for hydroxylation is 1. The van der Waals surface area contributed by atoms with Crippen molar-refractivity contribution in [2.45, 2.75) is 52.4 Å². The lowest BCUT2D eigenvalue weighted by molar-refractivity contribution is -0.139. The highest BCUT2D eigenvalue weighted by atomic mass is 19.1. The molecule has 0 saturated heterocycles. The Kier molecular flexibility index (Phi) is 3.52. The molecule has 4 aliphatic rings. The monoisotopic (exact) mass is 380 g/mol. The van der Waals surface area contributed by atoms with Gasteiger partial charge in [0, 0.05) is 30.8 Å². The Morgan fingerprint density at radius 1 is 1.29 bits per heavy atom. The van der Waals surface area contributed by atoms with Crippen LogP contribution in [-0.2, 0) is 17.7 Å². The fourth-order valence-corrected chi connectivity index (χ4v) is 5.28. The number of benzene rings is 2. The fourth-order valence-electron chi connectivity index (χ4n) is 5.28. The number of carbonyl (C=O) groups is 1. The molecule has 1 N–H and O–H groups in total. The molecule has 2 aromatic rings. The minimum Gasteiger partial charge on any atom is -0.367 e. The van der Waals surface area contributed by atoms with E-state index in [-0.39, 0.29) is 17.1 Å². The maximum Gasteiger partial charge on any atom is 0.224 e. The zero-order valence-electron chi connectivity index (χ0n) is 18.4. The van der Waals surface area contributed by atoms with E-state index >= 15 is 0 Å². The SMILES string of the molecule is [2H]C1([2H])c2cc(C)c(NC(=O)CC34CC(C3)C4)c(C)c2CCN1c1ccc(F)cc1. The first-order valence-electron chi connectivity index (χ1n) is 11.2. The summed E-state index contributed by atoms with van der Waals surface area (Å²) in [5.74, 6) is 0.602. The smallest absolute Gasteiger partial charge is 0.224 e. The van der Waals surface area contributed by atoms with Crippen LogP contribution in [0.25, 0.3) is 0 Å². The lowest BCUT2D eigenvalue weighted by Gasteiger charge is -2.61. The number of hydrogen-bond acceptors (Lipinski definition) is 2. The molecule has 1 amide bonds. The summed E-state index contributed by atoms with van der Waals surface area (Å²) in [5.41, 5.74) is 5.18. The lowest BCUT2D eigenvalue weighted by Crippen LogP contribution is -2.53. The van der Waals surface area contributed by atoms with Gasteiger partial charge in [0.05, 0.1) is 2.74 Å². The van der Waals surface area contributed by atoms with Crippen LogP contribution in [0.2, 0.25) is 0 Å². The normalized spacial score (nSPS) is 27.7. The van der Waals surface area contributed by atoms with Gasteiger partial charge in [0.1, 0.15) is 5.82 Å². The van der Waals surface area contributed by atoms with Crippen LogP contribution in [-0.4, -0.2) is 12.5 Å². The third-order valence-corrected chi connectivity index (χ3v) is 6.85. The Balaban J connectivity index is 1.43. The van der Waals surface area contributed by atoms with E-state index in [1.54, 1.807) is 17.0 Å². The summed E-state index contributed by atoms with van der Waals surface area (Å²) in [6.45, 7) is 2.69. The molecule has 1 heterocycles. The van der Waals surface area contributed by atoms with Crippen molar-refractivity contribution < 1.29 is 11.9 Å². The van der Waals surface area contributed by atoms with E-state index in [0.29, 0.717) is 30.6 Å². The molecule has 0 unspecified atom stereocenters. The Morgan fingerprint density at radius 3 is 2.64 bits per heavy atom. The van der Waals surface area contributed by atoms with Gasteiger partial charge in [-0.15, -0.1) is 0 Å². The number of fused-ring (bicyclic) bond motifs is 1. The van der Waals surface area contributed by atoms with Gasteiger partial charge in [0.15, 0.2) is 0 Å². The predicted octanol–water partition coefficient (Wildman–Crippen LogP) is 5.13. The van der Waals surface area contributed by atoms with E-state index in [4.69, 9.17) is 2.74 Å². The second-order valence-electron chi connectivity index (χ2n) is 8.91. The molecule has 3 aliphatic carbocycles. The fraction of sp³-hybridized carbons (Fsp3) is 0.458. The van der Waals surface area contributed by atoms with Crippen LogP contribution in [0, 0.1) is 31.0 Å². The van der Waals surface area contributed by atoms with Crippen LogP contribution in [0.15, 0.2) is 30.3 Å². The summed E-state index contributed by atoms with van der Waals surface area (Å²) >= 11 is 0. The van der Waals surface area contributed by atoms with Gasteiger partial charge >= 0.3 is 0 Å². The minimum atomic E-state index is -1.71. The van der Waals surface area contributed by atoms with E-state index in [2.05, 4.69) is 5.32 Å². The van der Waals surface area contributed by atoms with Crippen molar-refractivity contribution in [1.82, 2.24) is 0 Å². The Bertz CT molecular complexity index is 1020. The Hall–Kier alpha value is -2.36. The van der Waals surface area contributed by atoms with E-state index in [9.17, 15) is 9.18 Å². The molecule has 0 aromatic heterocycles. The van der Waals surface area contributed by atoms with Gasteiger partial charge in [0.2, 0.25) is 5.91 Å². The molecule has 0 atom stereocenters. The first-order valence-corrected chi connectivity index (χ1v) is 10.2. The molecule has 0 radical (unpaired) electrons. The number of halogens is 1. The summed E-state index contributed by atoms with van der Waals surface area (Å²) in [6.07, 6.45) is 4.86. The van der Waals surface area contributed by atoms with Gasteiger partial charge in [-0.25, -0.2) is 4.39 Å². The van der Waals surface area contributed by atoms with Crippen molar-refractivity contribution in [3.05, 3.63) is 58.4 Å². The molecule has 1 aliphatic heterocycles. The molecular formula is C24H27FN2O. The maximum atomic E-state index is 13.3. The zero-order valence-corrected chi connectivity index (χ0v) is 16.4. The van der Waals surface area contributed by atoms with Crippen LogP contribution in [0.5, 0.6) is 0 Å². The Morgan fingerprint density at radius 2 is 2.00 bits per heavy atom. The lowest BCUT2D eigenvalue weighted by atomic mass is 9.43. The van der Waals surface area contributed by atoms with Gasteiger partial charge in [0.25, 0.3) is 0 Å². The molecule has 4 heteroatoms. The van der Waals surface area contributed by atoms with Gasteiger partial charge in [-0.05, 0) is 97.4 Å². The first kappa shape index (κ1) is 15.5. The average molecular weight is 381 g/mol. The third-order valence-electron chi connectivity index (χ3n) is 6.85. The quantitative estimate of drug-likeness (QED) is 0.797. The maximum absolute atomic E-state index is 13.3. The van der Waals surface area contributed by atoms with Crippen molar-refractivity contribution in [1.29, 1.82) is 0 Å². The second-order valence-corrected chi connectivity index (χ2v) is 8.91. The summed E-state index contributed by atoms with van der Waals surface area (Å²) in [5, 5.41) is 3.14. The van der Waals surface area contributed by atoms with Crippen LogP contribution in [0.1, 0.15) is 50.7 Å². The molecule has 0 spiro atoms. The van der Waals surface area contributed by atoms with Gasteiger partial charge < -0.3 is 10.2 Å². The minimum absolute atomic E-state index is 0.0751. The molecular weight excluding hydrogens is 351 g/mol. The predicted molar refractivity (Wildman–Crippen MR) is 110 cm³/mol. The number of nitrogens with one attached hydrogen (secondary N) is 1. The third kappa shape index (κ3) is 2.90. The van der Waals surface area contributed by atoms with Gasteiger partial charge in [-0.3, -0.25) is 4.79 Å². The number of carbonyl (C=O) groups excluding carboxylic acids is 1. The van der Waals surface area contributed by atoms with Crippen molar-refractivity contribution in [3.8, 4) is 0 Å². The number of nitrogens with zero attached hydrogens (tertiary/aromatic N) is 1. The van der Waals surface area contributed by atoms with E-state index in [1.807, 2.05) is 19.9 Å². The zero-order chi connectivity index (χ0) is 21.3. The number of hydrogen-bond donors (Lipinski definition) is 1. The molecule has 28 heavy (non-hydrogen) atoms. The van der Waals surface area contributed by atoms with Crippen molar-refractivity contribution >= 4 is 17.3 Å². The van der Waals surface area contributed by atoms with Gasteiger partial charge in [-0.1, -0.05) is 6.07 Å². The molecule has 2 bridgehead atoms. The van der Waals surface area contributed by atoms with E-state index < -0.39 is 6.50 Å². The highest BCUT2D eigenvalue weighted by molar-refractivity contribution is 5.93. The highest BCUT2D eigenvalue weighted by Gasteiger charge is 2.56. The molecule has 6 rings (SSSR count). The molecule has 3 fully saturated rings. The Labute approximate surface area is 168 Å². The van der Waals surface area contributed by atoms with E-state index in [1.165, 1.54) is 31.4 Å². The van der Waals surface area contributed by atoms with Crippen molar-refractivity contribution in [2.24, 2.45) is 11.3 Å². The first-order chi connectivity index (χ1) is 14.2. The molecule has 3 saturated carbocycles. The second kappa shape index (κ2) is 6.33. The molecule has 3 nitrogen and oxygen atoms in total. The summed E-state index contributed by atoms with van der Waals surface area (Å²) in [6, 6.07) is 7.84. The largest absolute Gasteiger partial charge is 0.367 e. The van der Waals surface area contributed by atoms with Crippen LogP contribution in [0.3, 0.4) is 0 Å². The standard InChI is InChI=1S/C24H27FN2O/c1-15-9-18-14-27(20-5-3-19(25)4-6-20)8-7-21(18)16(2)23(15)26-22(28)13-24-10-17(11-24)12-24/h3-6,9,17H,7-8,10-14H2,1-2H3,(H,26,28)/i14D2. The van der Waals surface area contributed by atoms with E-state index in [0.717, 1.165) is 28.3 Å². The molecule has 146 valence electrons. The topological polar surface area (TPSA) is 32.3 Å². The average Bonchev–Trinajstić information content (AvgIpc) is 2.62. The number of amides is 1. The van der Waals surface area contributed by atoms with Crippen LogP contribution < -0.4 is 10.2 Å². The number of anilines is 2. The summed E-state index contributed by atoms with van der Waals surface area (Å²) in [7, 11) is 0. The highest BCUT2D eigenvalue weighted by Crippen LogP contribution is 2.66. The van der Waals surface area contributed by atoms with Crippen molar-refractivity contribution in [2.75, 3.05) is 16.8 Å². The summed E-state index contributed by atoms with van der Waals surface area (Å²) in [4.78, 5) is 14.4.